The largest absolute Gasteiger partial charge is 0.312 e. The van der Waals surface area contributed by atoms with E-state index in [1.165, 1.54) is 50.9 Å². The van der Waals surface area contributed by atoms with Gasteiger partial charge in [0, 0.05) is 19.1 Å². The zero-order valence-electron chi connectivity index (χ0n) is 11.1. The van der Waals surface area contributed by atoms with E-state index >= 15 is 0 Å². The Kier molecular flexibility index (Phi) is 3.96. The molecular formula is C16H24N2. The maximum absolute atomic E-state index is 3.76. The van der Waals surface area contributed by atoms with Gasteiger partial charge in [0.1, 0.15) is 0 Å². The van der Waals surface area contributed by atoms with E-state index in [-0.39, 0.29) is 0 Å². The van der Waals surface area contributed by atoms with Crippen molar-refractivity contribution in [3.8, 4) is 0 Å². The van der Waals surface area contributed by atoms with Crippen molar-refractivity contribution in [3.63, 3.8) is 0 Å². The topological polar surface area (TPSA) is 15.3 Å². The van der Waals surface area contributed by atoms with Crippen LogP contribution >= 0.6 is 0 Å². The number of likely N-dealkylation sites (tertiary alicyclic amines) is 1. The molecule has 98 valence electrons. The number of rotatable bonds is 5. The van der Waals surface area contributed by atoms with Crippen LogP contribution in [0.1, 0.15) is 31.2 Å². The zero-order chi connectivity index (χ0) is 12.2. The predicted octanol–water partition coefficient (Wildman–Crippen LogP) is 2.65. The standard InChI is InChI=1S/C16H24N2/c1-2-5-15(6-3-1)12-18-10-4-7-16(13-18)17-11-14-8-9-14/h1-3,5-6,14,16-17H,4,7-13H2. The van der Waals surface area contributed by atoms with Gasteiger partial charge in [0.15, 0.2) is 0 Å². The lowest BCUT2D eigenvalue weighted by Crippen LogP contribution is -2.45. The van der Waals surface area contributed by atoms with Gasteiger partial charge in [-0.15, -0.1) is 0 Å². The highest BCUT2D eigenvalue weighted by Gasteiger charge is 2.24. The van der Waals surface area contributed by atoms with Crippen LogP contribution in [0.25, 0.3) is 0 Å². The monoisotopic (exact) mass is 244 g/mol. The van der Waals surface area contributed by atoms with Crippen LogP contribution in [-0.4, -0.2) is 30.6 Å². The second kappa shape index (κ2) is 5.85. The molecule has 0 aromatic heterocycles. The van der Waals surface area contributed by atoms with Gasteiger partial charge in [-0.25, -0.2) is 0 Å². The summed E-state index contributed by atoms with van der Waals surface area (Å²) in [6.07, 6.45) is 5.61. The molecule has 3 rings (SSSR count). The average molecular weight is 244 g/mol. The first-order valence-electron chi connectivity index (χ1n) is 7.40. The summed E-state index contributed by atoms with van der Waals surface area (Å²) in [6.45, 7) is 4.85. The van der Waals surface area contributed by atoms with E-state index in [2.05, 4.69) is 40.5 Å². The summed E-state index contributed by atoms with van der Waals surface area (Å²) in [7, 11) is 0. The molecule has 0 bridgehead atoms. The second-order valence-electron chi connectivity index (χ2n) is 5.91. The number of benzene rings is 1. The molecule has 1 saturated carbocycles. The number of nitrogens with one attached hydrogen (secondary N) is 1. The highest BCUT2D eigenvalue weighted by Crippen LogP contribution is 2.28. The fourth-order valence-electron chi connectivity index (χ4n) is 2.86. The smallest absolute Gasteiger partial charge is 0.0234 e. The van der Waals surface area contributed by atoms with Crippen molar-refractivity contribution in [2.24, 2.45) is 5.92 Å². The van der Waals surface area contributed by atoms with Gasteiger partial charge in [-0.05, 0) is 50.3 Å². The molecule has 1 aliphatic heterocycles. The highest BCUT2D eigenvalue weighted by molar-refractivity contribution is 5.14. The summed E-state index contributed by atoms with van der Waals surface area (Å²) >= 11 is 0. The van der Waals surface area contributed by atoms with E-state index in [0.717, 1.165) is 18.5 Å². The van der Waals surface area contributed by atoms with E-state index in [4.69, 9.17) is 0 Å². The molecular weight excluding hydrogens is 220 g/mol. The molecule has 0 radical (unpaired) electrons. The van der Waals surface area contributed by atoms with Crippen molar-refractivity contribution >= 4 is 0 Å². The first-order valence-corrected chi connectivity index (χ1v) is 7.40. The summed E-state index contributed by atoms with van der Waals surface area (Å²) < 4.78 is 0. The van der Waals surface area contributed by atoms with Crippen molar-refractivity contribution in [2.75, 3.05) is 19.6 Å². The molecule has 2 fully saturated rings. The Balaban J connectivity index is 1.47. The van der Waals surface area contributed by atoms with Gasteiger partial charge in [0.05, 0.1) is 0 Å². The van der Waals surface area contributed by atoms with Crippen molar-refractivity contribution in [2.45, 2.75) is 38.3 Å². The predicted molar refractivity (Wildman–Crippen MR) is 75.5 cm³/mol. The van der Waals surface area contributed by atoms with Crippen LogP contribution in [0.15, 0.2) is 30.3 Å². The fraction of sp³-hybridized carbons (Fsp3) is 0.625. The molecule has 1 heterocycles. The Bertz CT molecular complexity index is 359. The molecule has 2 heteroatoms. The minimum absolute atomic E-state index is 0.725. The molecule has 1 unspecified atom stereocenters. The van der Waals surface area contributed by atoms with Crippen LogP contribution in [-0.2, 0) is 6.54 Å². The van der Waals surface area contributed by atoms with E-state index in [0.29, 0.717) is 0 Å². The van der Waals surface area contributed by atoms with Crippen LogP contribution in [0.5, 0.6) is 0 Å². The summed E-state index contributed by atoms with van der Waals surface area (Å²) in [4.78, 5) is 2.60. The molecule has 1 atom stereocenters. The molecule has 0 spiro atoms. The van der Waals surface area contributed by atoms with Gasteiger partial charge in [0.2, 0.25) is 0 Å². The first-order chi connectivity index (χ1) is 8.90. The van der Waals surface area contributed by atoms with E-state index in [1.54, 1.807) is 0 Å². The highest BCUT2D eigenvalue weighted by atomic mass is 15.2. The molecule has 2 nitrogen and oxygen atoms in total. The number of hydrogen-bond acceptors (Lipinski definition) is 2. The number of hydrogen-bond donors (Lipinski definition) is 1. The van der Waals surface area contributed by atoms with E-state index in [9.17, 15) is 0 Å². The molecule has 0 amide bonds. The fourth-order valence-corrected chi connectivity index (χ4v) is 2.86. The SMILES string of the molecule is c1ccc(CN2CCCC(NCC3CC3)C2)cc1. The Morgan fingerprint density at radius 2 is 1.94 bits per heavy atom. The average Bonchev–Trinajstić information content (AvgIpc) is 3.22. The van der Waals surface area contributed by atoms with Crippen LogP contribution < -0.4 is 5.32 Å². The first kappa shape index (κ1) is 12.2. The minimum atomic E-state index is 0.725. The molecule has 1 aromatic rings. The van der Waals surface area contributed by atoms with Crippen molar-refractivity contribution in [1.29, 1.82) is 0 Å². The van der Waals surface area contributed by atoms with Crippen LogP contribution in [0.3, 0.4) is 0 Å². The Morgan fingerprint density at radius 3 is 2.72 bits per heavy atom. The molecule has 1 aliphatic carbocycles. The van der Waals surface area contributed by atoms with Crippen LogP contribution in [0, 0.1) is 5.92 Å². The lowest BCUT2D eigenvalue weighted by atomic mass is 10.0. The van der Waals surface area contributed by atoms with E-state index < -0.39 is 0 Å². The quantitative estimate of drug-likeness (QED) is 0.856. The van der Waals surface area contributed by atoms with Crippen molar-refractivity contribution in [3.05, 3.63) is 35.9 Å². The summed E-state index contributed by atoms with van der Waals surface area (Å²) in [5, 5.41) is 3.76. The molecule has 1 saturated heterocycles. The summed E-state index contributed by atoms with van der Waals surface area (Å²) in [6, 6.07) is 11.6. The van der Waals surface area contributed by atoms with Crippen LogP contribution in [0.4, 0.5) is 0 Å². The number of piperidine rings is 1. The van der Waals surface area contributed by atoms with Gasteiger partial charge in [0.25, 0.3) is 0 Å². The zero-order valence-corrected chi connectivity index (χ0v) is 11.1. The van der Waals surface area contributed by atoms with Crippen LogP contribution in [0.2, 0.25) is 0 Å². The van der Waals surface area contributed by atoms with E-state index in [1.807, 2.05) is 0 Å². The Morgan fingerprint density at radius 1 is 1.11 bits per heavy atom. The molecule has 1 aromatic carbocycles. The normalized spacial score (nSPS) is 25.2. The maximum Gasteiger partial charge on any atom is 0.0234 e. The number of nitrogens with zero attached hydrogens (tertiary/aromatic N) is 1. The third-order valence-electron chi connectivity index (χ3n) is 4.15. The van der Waals surface area contributed by atoms with Crippen molar-refractivity contribution < 1.29 is 0 Å². The molecule has 18 heavy (non-hydrogen) atoms. The lowest BCUT2D eigenvalue weighted by molar-refractivity contribution is 0.183. The maximum atomic E-state index is 3.76. The lowest BCUT2D eigenvalue weighted by Gasteiger charge is -2.33. The van der Waals surface area contributed by atoms with Gasteiger partial charge in [-0.1, -0.05) is 30.3 Å². The van der Waals surface area contributed by atoms with Crippen molar-refractivity contribution in [1.82, 2.24) is 10.2 Å². The van der Waals surface area contributed by atoms with Gasteiger partial charge in [-0.3, -0.25) is 4.90 Å². The van der Waals surface area contributed by atoms with Gasteiger partial charge >= 0.3 is 0 Å². The molecule has 2 aliphatic rings. The minimum Gasteiger partial charge on any atom is -0.312 e. The summed E-state index contributed by atoms with van der Waals surface area (Å²) in [5.74, 6) is 0.995. The second-order valence-corrected chi connectivity index (χ2v) is 5.91. The molecule has 1 N–H and O–H groups in total. The Labute approximate surface area is 110 Å². The Hall–Kier alpha value is -0.860. The third kappa shape index (κ3) is 3.56. The third-order valence-corrected chi connectivity index (χ3v) is 4.15. The van der Waals surface area contributed by atoms with Gasteiger partial charge < -0.3 is 5.32 Å². The summed E-state index contributed by atoms with van der Waals surface area (Å²) in [5.41, 5.74) is 1.44. The van der Waals surface area contributed by atoms with Gasteiger partial charge in [-0.2, -0.15) is 0 Å².